The first kappa shape index (κ1) is 17.1. The number of hydrogen-bond donors (Lipinski definition) is 1. The van der Waals surface area contributed by atoms with Gasteiger partial charge in [-0.15, -0.1) is 0 Å². The molecule has 1 aromatic heterocycles. The van der Waals surface area contributed by atoms with Crippen molar-refractivity contribution in [2.45, 2.75) is 6.54 Å². The van der Waals surface area contributed by atoms with Gasteiger partial charge in [0.2, 0.25) is 0 Å². The quantitative estimate of drug-likeness (QED) is 0.764. The fraction of sp³-hybridized carbons (Fsp3) is 0.250. The van der Waals surface area contributed by atoms with Crippen molar-refractivity contribution in [2.75, 3.05) is 31.1 Å². The lowest BCUT2D eigenvalue weighted by atomic mass is 10.2. The van der Waals surface area contributed by atoms with Crippen molar-refractivity contribution in [3.63, 3.8) is 0 Å². The molecular formula is C20H20ClFN3O+. The van der Waals surface area contributed by atoms with Gasteiger partial charge in [0, 0.05) is 16.3 Å². The van der Waals surface area contributed by atoms with Gasteiger partial charge in [0.25, 0.3) is 5.89 Å². The molecule has 0 bridgehead atoms. The highest BCUT2D eigenvalue weighted by molar-refractivity contribution is 6.30. The summed E-state index contributed by atoms with van der Waals surface area (Å²) in [4.78, 5) is 8.15. The zero-order chi connectivity index (χ0) is 17.9. The molecule has 1 aliphatic heterocycles. The summed E-state index contributed by atoms with van der Waals surface area (Å²) >= 11 is 5.92. The monoisotopic (exact) mass is 372 g/mol. The van der Waals surface area contributed by atoms with Gasteiger partial charge in [0.05, 0.1) is 32.4 Å². The van der Waals surface area contributed by atoms with Gasteiger partial charge in [-0.25, -0.2) is 9.37 Å². The third kappa shape index (κ3) is 3.89. The molecule has 134 valence electrons. The number of nitrogens with zero attached hydrogens (tertiary/aromatic N) is 2. The molecule has 0 spiro atoms. The molecule has 1 N–H and O–H groups in total. The molecular weight excluding hydrogens is 353 g/mol. The van der Waals surface area contributed by atoms with E-state index in [2.05, 4.69) is 9.88 Å². The topological polar surface area (TPSA) is 33.7 Å². The van der Waals surface area contributed by atoms with Crippen LogP contribution in [0.5, 0.6) is 0 Å². The van der Waals surface area contributed by atoms with Crippen LogP contribution < -0.4 is 9.80 Å². The van der Waals surface area contributed by atoms with Gasteiger partial charge in [-0.05, 0) is 48.5 Å². The number of hydrogen-bond acceptors (Lipinski definition) is 3. The Morgan fingerprint density at radius 1 is 1.04 bits per heavy atom. The van der Waals surface area contributed by atoms with E-state index in [0.29, 0.717) is 5.02 Å². The number of anilines is 1. The summed E-state index contributed by atoms with van der Waals surface area (Å²) in [6.45, 7) is 4.63. The molecule has 1 fully saturated rings. The van der Waals surface area contributed by atoms with E-state index in [1.165, 1.54) is 17.0 Å². The van der Waals surface area contributed by atoms with Gasteiger partial charge in [0.15, 0.2) is 12.3 Å². The summed E-state index contributed by atoms with van der Waals surface area (Å²) in [6.07, 6.45) is 1.77. The summed E-state index contributed by atoms with van der Waals surface area (Å²) in [5.74, 6) is 1.32. The molecule has 26 heavy (non-hydrogen) atoms. The third-order valence-electron chi connectivity index (χ3n) is 4.75. The molecule has 2 heterocycles. The summed E-state index contributed by atoms with van der Waals surface area (Å²) in [5.41, 5.74) is 2.05. The number of nitrogens with one attached hydrogen (secondary N) is 1. The van der Waals surface area contributed by atoms with Crippen LogP contribution >= 0.6 is 11.6 Å². The SMILES string of the molecule is Fc1ccc(N2CC[NH+](Cc3ncc(-c4ccc(Cl)cc4)o3)CC2)cc1. The predicted molar refractivity (Wildman–Crippen MR) is 100.0 cm³/mol. The lowest BCUT2D eigenvalue weighted by molar-refractivity contribution is -0.915. The second-order valence-electron chi connectivity index (χ2n) is 6.52. The van der Waals surface area contributed by atoms with Crippen LogP contribution in [0.4, 0.5) is 10.1 Å². The molecule has 0 amide bonds. The van der Waals surface area contributed by atoms with Crippen LogP contribution in [0.1, 0.15) is 5.89 Å². The van der Waals surface area contributed by atoms with Crippen LogP contribution in [-0.2, 0) is 6.54 Å². The van der Waals surface area contributed by atoms with Crippen molar-refractivity contribution in [1.29, 1.82) is 0 Å². The van der Waals surface area contributed by atoms with E-state index in [9.17, 15) is 4.39 Å². The fourth-order valence-corrected chi connectivity index (χ4v) is 3.39. The van der Waals surface area contributed by atoms with Crippen molar-refractivity contribution in [2.24, 2.45) is 0 Å². The summed E-state index contributed by atoms with van der Waals surface area (Å²) in [5, 5.41) is 0.706. The minimum absolute atomic E-state index is 0.196. The van der Waals surface area contributed by atoms with Crippen molar-refractivity contribution in [3.8, 4) is 11.3 Å². The molecule has 1 aliphatic rings. The lowest BCUT2D eigenvalue weighted by Gasteiger charge is -2.33. The molecule has 4 rings (SSSR count). The van der Waals surface area contributed by atoms with E-state index >= 15 is 0 Å². The number of oxazole rings is 1. The average Bonchev–Trinajstić information content (AvgIpc) is 3.12. The number of rotatable bonds is 4. The molecule has 3 aromatic rings. The number of halogens is 2. The second-order valence-corrected chi connectivity index (χ2v) is 6.95. The van der Waals surface area contributed by atoms with Gasteiger partial charge < -0.3 is 14.2 Å². The van der Waals surface area contributed by atoms with Gasteiger partial charge in [-0.1, -0.05) is 11.6 Å². The maximum Gasteiger partial charge on any atom is 0.250 e. The largest absolute Gasteiger partial charge is 0.435 e. The van der Waals surface area contributed by atoms with Crippen LogP contribution in [0.25, 0.3) is 11.3 Å². The molecule has 0 atom stereocenters. The van der Waals surface area contributed by atoms with Gasteiger partial charge in [0.1, 0.15) is 5.82 Å². The maximum atomic E-state index is 13.1. The van der Waals surface area contributed by atoms with E-state index in [-0.39, 0.29) is 5.82 Å². The summed E-state index contributed by atoms with van der Waals surface area (Å²) < 4.78 is 19.0. The molecule has 4 nitrogen and oxygen atoms in total. The highest BCUT2D eigenvalue weighted by atomic mass is 35.5. The molecule has 0 aliphatic carbocycles. The van der Waals surface area contributed by atoms with E-state index in [0.717, 1.165) is 55.6 Å². The fourth-order valence-electron chi connectivity index (χ4n) is 3.26. The highest BCUT2D eigenvalue weighted by Crippen LogP contribution is 2.22. The standard InChI is InChI=1S/C20H19ClFN3O/c21-16-3-1-15(2-4-16)19-13-23-20(26-19)14-24-9-11-25(12-10-24)18-7-5-17(22)6-8-18/h1-8,13H,9-12,14H2/p+1. The zero-order valence-corrected chi connectivity index (χ0v) is 15.0. The molecule has 0 unspecified atom stereocenters. The first-order valence-corrected chi connectivity index (χ1v) is 9.10. The van der Waals surface area contributed by atoms with Crippen LogP contribution in [-0.4, -0.2) is 31.2 Å². The second kappa shape index (κ2) is 7.48. The van der Waals surface area contributed by atoms with E-state index in [1.54, 1.807) is 6.20 Å². The van der Waals surface area contributed by atoms with Gasteiger partial charge in [-0.3, -0.25) is 0 Å². The summed E-state index contributed by atoms with van der Waals surface area (Å²) in [7, 11) is 0. The van der Waals surface area contributed by atoms with Crippen LogP contribution in [0, 0.1) is 5.82 Å². The lowest BCUT2D eigenvalue weighted by Crippen LogP contribution is -3.13. The smallest absolute Gasteiger partial charge is 0.250 e. The molecule has 1 saturated heterocycles. The van der Waals surface area contributed by atoms with Crippen LogP contribution in [0.2, 0.25) is 5.02 Å². The highest BCUT2D eigenvalue weighted by Gasteiger charge is 2.22. The molecule has 6 heteroatoms. The Hall–Kier alpha value is -2.37. The molecule has 2 aromatic carbocycles. The van der Waals surface area contributed by atoms with Gasteiger partial charge in [-0.2, -0.15) is 0 Å². The number of quaternary nitrogens is 1. The first-order valence-electron chi connectivity index (χ1n) is 8.72. The van der Waals surface area contributed by atoms with Crippen molar-refractivity contribution in [1.82, 2.24) is 4.98 Å². The average molecular weight is 373 g/mol. The Morgan fingerprint density at radius 2 is 1.73 bits per heavy atom. The minimum atomic E-state index is -0.196. The van der Waals surface area contributed by atoms with E-state index in [4.69, 9.17) is 16.0 Å². The zero-order valence-electron chi connectivity index (χ0n) is 14.3. The van der Waals surface area contributed by atoms with Crippen molar-refractivity contribution in [3.05, 3.63) is 71.5 Å². The van der Waals surface area contributed by atoms with Crippen LogP contribution in [0.15, 0.2) is 59.1 Å². The van der Waals surface area contributed by atoms with Crippen molar-refractivity contribution < 1.29 is 13.7 Å². The molecule has 0 saturated carbocycles. The Kier molecular flexibility index (Phi) is 4.91. The Bertz CT molecular complexity index is 856. The number of aromatic nitrogens is 1. The van der Waals surface area contributed by atoms with Crippen LogP contribution in [0.3, 0.4) is 0 Å². The Labute approximate surface area is 156 Å². The number of benzene rings is 2. The number of piperazine rings is 1. The van der Waals surface area contributed by atoms with Gasteiger partial charge >= 0.3 is 0 Å². The third-order valence-corrected chi connectivity index (χ3v) is 5.00. The van der Waals surface area contributed by atoms with E-state index < -0.39 is 0 Å². The minimum Gasteiger partial charge on any atom is -0.435 e. The maximum absolute atomic E-state index is 13.1. The molecule has 0 radical (unpaired) electrons. The normalized spacial score (nSPS) is 15.4. The van der Waals surface area contributed by atoms with E-state index in [1.807, 2.05) is 36.4 Å². The first-order chi connectivity index (χ1) is 12.7. The summed E-state index contributed by atoms with van der Waals surface area (Å²) in [6, 6.07) is 14.3. The Morgan fingerprint density at radius 3 is 2.42 bits per heavy atom. The Balaban J connectivity index is 1.34. The van der Waals surface area contributed by atoms with Crippen molar-refractivity contribution >= 4 is 17.3 Å². The predicted octanol–water partition coefficient (Wildman–Crippen LogP) is 3.04.